The van der Waals surface area contributed by atoms with Crippen molar-refractivity contribution in [2.75, 3.05) is 6.61 Å². The number of rotatable bonds is 5. The molecule has 0 saturated carbocycles. The van der Waals surface area contributed by atoms with E-state index >= 15 is 0 Å². The number of aromatic nitrogens is 3. The number of aliphatic hydroxyl groups is 1. The summed E-state index contributed by atoms with van der Waals surface area (Å²) in [6.07, 6.45) is 3.13. The van der Waals surface area contributed by atoms with Crippen LogP contribution in [0.3, 0.4) is 0 Å². The Morgan fingerprint density at radius 2 is 2.33 bits per heavy atom. The van der Waals surface area contributed by atoms with Crippen LogP contribution in [0.5, 0.6) is 0 Å². The molecule has 1 amide bonds. The first kappa shape index (κ1) is 11.6. The molecule has 1 atom stereocenters. The smallest absolute Gasteiger partial charge is 0.242 e. The maximum Gasteiger partial charge on any atom is 0.242 e. The molecule has 6 nitrogen and oxygen atoms in total. The molecule has 1 aromatic heterocycles. The van der Waals surface area contributed by atoms with E-state index in [0.717, 1.165) is 0 Å². The number of nitrogens with one attached hydrogen (secondary N) is 1. The molecule has 0 saturated heterocycles. The number of amides is 1. The summed E-state index contributed by atoms with van der Waals surface area (Å²) in [5.74, 6) is 0.0305. The Morgan fingerprint density at radius 1 is 1.60 bits per heavy atom. The number of carbonyl (C=O) groups excluding carboxylic acids is 1. The monoisotopic (exact) mass is 212 g/mol. The summed E-state index contributed by atoms with van der Waals surface area (Å²) in [5, 5.41) is 19.0. The van der Waals surface area contributed by atoms with Gasteiger partial charge in [0.25, 0.3) is 0 Å². The molecule has 1 unspecified atom stereocenters. The minimum Gasteiger partial charge on any atom is -0.394 e. The fourth-order valence-corrected chi connectivity index (χ4v) is 1.14. The molecule has 0 bridgehead atoms. The van der Waals surface area contributed by atoms with E-state index in [0.29, 0.717) is 0 Å². The molecule has 15 heavy (non-hydrogen) atoms. The number of nitrogens with zero attached hydrogens (tertiary/aromatic N) is 3. The molecule has 0 spiro atoms. The number of hydrogen-bond acceptors (Lipinski definition) is 4. The first-order chi connectivity index (χ1) is 7.13. The minimum absolute atomic E-state index is 0.0548. The van der Waals surface area contributed by atoms with Crippen LogP contribution in [0.1, 0.15) is 13.8 Å². The summed E-state index contributed by atoms with van der Waals surface area (Å²) < 4.78 is 1.43. The molecule has 0 aliphatic heterocycles. The van der Waals surface area contributed by atoms with E-state index in [9.17, 15) is 4.79 Å². The highest BCUT2D eigenvalue weighted by molar-refractivity contribution is 5.75. The van der Waals surface area contributed by atoms with Crippen LogP contribution in [0.2, 0.25) is 0 Å². The molecule has 0 radical (unpaired) electrons. The van der Waals surface area contributed by atoms with Crippen molar-refractivity contribution < 1.29 is 9.90 Å². The maximum absolute atomic E-state index is 11.5. The van der Waals surface area contributed by atoms with E-state index < -0.39 is 0 Å². The maximum atomic E-state index is 11.5. The van der Waals surface area contributed by atoms with Crippen LogP contribution in [0.25, 0.3) is 0 Å². The molecule has 0 aliphatic carbocycles. The van der Waals surface area contributed by atoms with Crippen LogP contribution in [0.15, 0.2) is 12.4 Å². The van der Waals surface area contributed by atoms with Crippen LogP contribution < -0.4 is 5.32 Å². The van der Waals surface area contributed by atoms with Gasteiger partial charge in [0, 0.05) is 6.20 Å². The van der Waals surface area contributed by atoms with Crippen molar-refractivity contribution in [1.29, 1.82) is 0 Å². The van der Waals surface area contributed by atoms with Crippen LogP contribution >= 0.6 is 0 Å². The van der Waals surface area contributed by atoms with Gasteiger partial charge in [-0.15, -0.1) is 5.10 Å². The minimum atomic E-state index is -0.207. The number of aliphatic hydroxyl groups excluding tert-OH is 1. The average molecular weight is 212 g/mol. The summed E-state index contributed by atoms with van der Waals surface area (Å²) in [5.41, 5.74) is 0. The molecular weight excluding hydrogens is 196 g/mol. The van der Waals surface area contributed by atoms with E-state index in [4.69, 9.17) is 5.11 Å². The number of carbonyl (C=O) groups is 1. The molecule has 0 fully saturated rings. The Kier molecular flexibility index (Phi) is 4.23. The van der Waals surface area contributed by atoms with Gasteiger partial charge in [0.05, 0.1) is 18.8 Å². The lowest BCUT2D eigenvalue weighted by molar-refractivity contribution is -0.123. The van der Waals surface area contributed by atoms with Crippen molar-refractivity contribution in [3.05, 3.63) is 12.4 Å². The van der Waals surface area contributed by atoms with Gasteiger partial charge < -0.3 is 10.4 Å². The average Bonchev–Trinajstić information content (AvgIpc) is 2.66. The number of hydrogen-bond donors (Lipinski definition) is 2. The van der Waals surface area contributed by atoms with Gasteiger partial charge in [-0.25, -0.2) is 4.68 Å². The second-order valence-electron chi connectivity index (χ2n) is 3.70. The second kappa shape index (κ2) is 5.45. The normalized spacial score (nSPS) is 12.8. The SMILES string of the molecule is CC(C)C(CO)NC(=O)Cn1ccnn1. The molecular formula is C9H16N4O2. The van der Waals surface area contributed by atoms with Crippen molar-refractivity contribution in [3.63, 3.8) is 0 Å². The van der Waals surface area contributed by atoms with Crippen molar-refractivity contribution >= 4 is 5.91 Å². The highest BCUT2D eigenvalue weighted by Gasteiger charge is 2.15. The fourth-order valence-electron chi connectivity index (χ4n) is 1.14. The molecule has 0 aromatic carbocycles. The van der Waals surface area contributed by atoms with Gasteiger partial charge in [-0.05, 0) is 5.92 Å². The predicted molar refractivity (Wildman–Crippen MR) is 53.9 cm³/mol. The lowest BCUT2D eigenvalue weighted by Crippen LogP contribution is -2.42. The van der Waals surface area contributed by atoms with Crippen LogP contribution in [-0.4, -0.2) is 38.7 Å². The standard InChI is InChI=1S/C9H16N4O2/c1-7(2)8(6-14)11-9(15)5-13-4-3-10-12-13/h3-4,7-8,14H,5-6H2,1-2H3,(H,11,15). The van der Waals surface area contributed by atoms with Crippen LogP contribution in [0.4, 0.5) is 0 Å². The van der Waals surface area contributed by atoms with E-state index in [1.54, 1.807) is 6.20 Å². The van der Waals surface area contributed by atoms with Gasteiger partial charge in [0.15, 0.2) is 0 Å². The molecule has 0 aliphatic rings. The van der Waals surface area contributed by atoms with Crippen molar-refractivity contribution in [1.82, 2.24) is 20.3 Å². The molecule has 1 rings (SSSR count). The van der Waals surface area contributed by atoms with Crippen molar-refractivity contribution in [2.24, 2.45) is 5.92 Å². The molecule has 2 N–H and O–H groups in total. The van der Waals surface area contributed by atoms with Gasteiger partial charge >= 0.3 is 0 Å². The highest BCUT2D eigenvalue weighted by Crippen LogP contribution is 2.00. The van der Waals surface area contributed by atoms with Gasteiger partial charge in [0.2, 0.25) is 5.91 Å². The topological polar surface area (TPSA) is 80.0 Å². The molecule has 84 valence electrons. The van der Waals surface area contributed by atoms with Gasteiger partial charge in [-0.2, -0.15) is 0 Å². The van der Waals surface area contributed by atoms with E-state index in [1.807, 2.05) is 13.8 Å². The van der Waals surface area contributed by atoms with E-state index in [2.05, 4.69) is 15.6 Å². The van der Waals surface area contributed by atoms with Gasteiger partial charge in [-0.3, -0.25) is 4.79 Å². The highest BCUT2D eigenvalue weighted by atomic mass is 16.3. The summed E-state index contributed by atoms with van der Waals surface area (Å²) >= 11 is 0. The zero-order chi connectivity index (χ0) is 11.3. The largest absolute Gasteiger partial charge is 0.394 e. The Bertz CT molecular complexity index is 297. The Morgan fingerprint density at radius 3 is 2.80 bits per heavy atom. The van der Waals surface area contributed by atoms with Crippen LogP contribution in [0, 0.1) is 5.92 Å². The summed E-state index contributed by atoms with van der Waals surface area (Å²) in [6, 6.07) is -0.207. The first-order valence-electron chi connectivity index (χ1n) is 4.87. The summed E-state index contributed by atoms with van der Waals surface area (Å²) in [7, 11) is 0. The van der Waals surface area contributed by atoms with Gasteiger partial charge in [-0.1, -0.05) is 19.1 Å². The van der Waals surface area contributed by atoms with E-state index in [1.165, 1.54) is 10.9 Å². The fraction of sp³-hybridized carbons (Fsp3) is 0.667. The van der Waals surface area contributed by atoms with Crippen molar-refractivity contribution in [3.8, 4) is 0 Å². The first-order valence-corrected chi connectivity index (χ1v) is 4.87. The summed E-state index contributed by atoms with van der Waals surface area (Å²) in [4.78, 5) is 11.5. The molecule has 1 aromatic rings. The third kappa shape index (κ3) is 3.67. The molecule has 6 heteroatoms. The predicted octanol–water partition coefficient (Wildman–Crippen LogP) is -0.589. The van der Waals surface area contributed by atoms with Crippen LogP contribution in [-0.2, 0) is 11.3 Å². The Labute approximate surface area is 88.3 Å². The summed E-state index contributed by atoms with van der Waals surface area (Å²) in [6.45, 7) is 3.96. The van der Waals surface area contributed by atoms with E-state index in [-0.39, 0.29) is 31.0 Å². The second-order valence-corrected chi connectivity index (χ2v) is 3.70. The molecule has 1 heterocycles. The lowest BCUT2D eigenvalue weighted by Gasteiger charge is -2.19. The lowest BCUT2D eigenvalue weighted by atomic mass is 10.1. The van der Waals surface area contributed by atoms with Crippen molar-refractivity contribution in [2.45, 2.75) is 26.4 Å². The Hall–Kier alpha value is -1.43. The third-order valence-corrected chi connectivity index (χ3v) is 2.13. The van der Waals surface area contributed by atoms with Gasteiger partial charge in [0.1, 0.15) is 6.54 Å². The Balaban J connectivity index is 2.41. The zero-order valence-corrected chi connectivity index (χ0v) is 8.92. The zero-order valence-electron chi connectivity index (χ0n) is 8.92. The quantitative estimate of drug-likeness (QED) is 0.683. The third-order valence-electron chi connectivity index (χ3n) is 2.13.